The fourth-order valence-electron chi connectivity index (χ4n) is 2.42. The molecule has 2 aromatic heterocycles. The molecule has 1 saturated heterocycles. The van der Waals surface area contributed by atoms with Gasteiger partial charge in [-0.05, 0) is 11.8 Å². The maximum absolute atomic E-state index is 5.40. The zero-order valence-corrected chi connectivity index (χ0v) is 10.6. The minimum absolute atomic E-state index is 0.317. The van der Waals surface area contributed by atoms with Crippen LogP contribution in [-0.4, -0.2) is 33.3 Å². The van der Waals surface area contributed by atoms with E-state index in [4.69, 9.17) is 5.84 Å². The Kier molecular flexibility index (Phi) is 2.37. The van der Waals surface area contributed by atoms with Crippen molar-refractivity contribution in [2.75, 3.05) is 23.4 Å². The monoisotopic (exact) mass is 247 g/mol. The predicted octanol–water partition coefficient (Wildman–Crippen LogP) is 0.875. The number of H-pyrrole nitrogens is 1. The lowest BCUT2D eigenvalue weighted by atomic mass is 9.93. The summed E-state index contributed by atoms with van der Waals surface area (Å²) in [6.07, 6.45) is 2.91. The van der Waals surface area contributed by atoms with E-state index in [1.807, 2.05) is 0 Å². The van der Waals surface area contributed by atoms with E-state index in [0.29, 0.717) is 17.0 Å². The van der Waals surface area contributed by atoms with E-state index in [9.17, 15) is 0 Å². The summed E-state index contributed by atoms with van der Waals surface area (Å²) in [6.45, 7) is 6.51. The van der Waals surface area contributed by atoms with Gasteiger partial charge in [-0.3, -0.25) is 10.5 Å². The smallest absolute Gasteiger partial charge is 0.241 e. The molecule has 7 heteroatoms. The lowest BCUT2D eigenvalue weighted by Crippen LogP contribution is -2.24. The molecule has 7 nitrogen and oxygen atoms in total. The van der Waals surface area contributed by atoms with E-state index >= 15 is 0 Å². The Morgan fingerprint density at radius 3 is 2.94 bits per heavy atom. The maximum Gasteiger partial charge on any atom is 0.241 e. The van der Waals surface area contributed by atoms with Gasteiger partial charge >= 0.3 is 0 Å². The van der Waals surface area contributed by atoms with Gasteiger partial charge in [-0.2, -0.15) is 15.1 Å². The lowest BCUT2D eigenvalue weighted by molar-refractivity contribution is 0.418. The second-order valence-electron chi connectivity index (χ2n) is 5.48. The summed E-state index contributed by atoms with van der Waals surface area (Å²) < 4.78 is 0. The Labute approximate surface area is 105 Å². The first kappa shape index (κ1) is 11.2. The number of nitrogens with one attached hydrogen (secondary N) is 2. The normalized spacial score (nSPS) is 18.5. The summed E-state index contributed by atoms with van der Waals surface area (Å²) in [5, 5.41) is 7.81. The fraction of sp³-hybridized carbons (Fsp3) is 0.545. The van der Waals surface area contributed by atoms with E-state index in [1.165, 1.54) is 0 Å². The van der Waals surface area contributed by atoms with Gasteiger partial charge in [0.15, 0.2) is 5.65 Å². The highest BCUT2D eigenvalue weighted by Crippen LogP contribution is 2.34. The molecule has 0 bridgehead atoms. The molecule has 3 rings (SSSR count). The van der Waals surface area contributed by atoms with E-state index < -0.39 is 0 Å². The maximum atomic E-state index is 5.40. The van der Waals surface area contributed by atoms with Gasteiger partial charge in [0.1, 0.15) is 5.82 Å². The largest absolute Gasteiger partial charge is 0.355 e. The van der Waals surface area contributed by atoms with Gasteiger partial charge in [0, 0.05) is 13.1 Å². The van der Waals surface area contributed by atoms with Crippen LogP contribution in [0.1, 0.15) is 20.3 Å². The minimum atomic E-state index is 0.317. The third kappa shape index (κ3) is 1.76. The van der Waals surface area contributed by atoms with Crippen LogP contribution < -0.4 is 16.2 Å². The van der Waals surface area contributed by atoms with Crippen molar-refractivity contribution in [1.82, 2.24) is 20.2 Å². The van der Waals surface area contributed by atoms with Crippen LogP contribution in [0.4, 0.5) is 11.8 Å². The third-order valence-electron chi connectivity index (χ3n) is 3.40. The number of nitrogens with two attached hydrogens (primary N) is 1. The Morgan fingerprint density at radius 1 is 1.44 bits per heavy atom. The molecule has 1 fully saturated rings. The van der Waals surface area contributed by atoms with Crippen LogP contribution in [0.15, 0.2) is 6.20 Å². The first-order valence-corrected chi connectivity index (χ1v) is 6.02. The van der Waals surface area contributed by atoms with Gasteiger partial charge in [0.05, 0.1) is 11.6 Å². The number of aromatic amines is 1. The second kappa shape index (κ2) is 3.81. The average molecular weight is 247 g/mol. The summed E-state index contributed by atoms with van der Waals surface area (Å²) in [4.78, 5) is 11.0. The Bertz CT molecular complexity index is 574. The summed E-state index contributed by atoms with van der Waals surface area (Å²) in [5.41, 5.74) is 3.52. The zero-order valence-electron chi connectivity index (χ0n) is 10.6. The van der Waals surface area contributed by atoms with Gasteiger partial charge in [-0.1, -0.05) is 13.8 Å². The van der Waals surface area contributed by atoms with Crippen molar-refractivity contribution in [1.29, 1.82) is 0 Å². The number of fused-ring (bicyclic) bond motifs is 1. The first-order valence-electron chi connectivity index (χ1n) is 6.02. The molecule has 0 radical (unpaired) electrons. The molecule has 0 aliphatic carbocycles. The SMILES string of the molecule is CC1(C)CCN(c2nc(NN)nc3[nH]ncc23)C1. The van der Waals surface area contributed by atoms with Gasteiger partial charge in [-0.25, -0.2) is 5.84 Å². The fourth-order valence-corrected chi connectivity index (χ4v) is 2.42. The molecule has 0 spiro atoms. The van der Waals surface area contributed by atoms with Gasteiger partial charge < -0.3 is 4.90 Å². The standard InChI is InChI=1S/C11H17N7/c1-11(2)3-4-18(6-11)9-7-5-13-17-8(7)14-10(15-9)16-12/h5H,3-4,6,12H2,1-2H3,(H2,13,14,15,16,17). The van der Waals surface area contributed by atoms with Crippen LogP contribution in [0.3, 0.4) is 0 Å². The van der Waals surface area contributed by atoms with Crippen LogP contribution in [0.5, 0.6) is 0 Å². The van der Waals surface area contributed by atoms with Crippen LogP contribution in [0.25, 0.3) is 11.0 Å². The van der Waals surface area contributed by atoms with E-state index in [0.717, 1.165) is 30.7 Å². The number of anilines is 2. The Balaban J connectivity index is 2.07. The van der Waals surface area contributed by atoms with Crippen molar-refractivity contribution in [3.63, 3.8) is 0 Å². The number of hydrazine groups is 1. The Hall–Kier alpha value is -1.89. The number of hydrogen-bond acceptors (Lipinski definition) is 6. The van der Waals surface area contributed by atoms with Crippen molar-refractivity contribution in [2.45, 2.75) is 20.3 Å². The van der Waals surface area contributed by atoms with Crippen LogP contribution in [-0.2, 0) is 0 Å². The molecule has 2 aromatic rings. The topological polar surface area (TPSA) is 95.8 Å². The molecular formula is C11H17N7. The molecule has 4 N–H and O–H groups in total. The molecule has 0 saturated carbocycles. The van der Waals surface area contributed by atoms with Crippen molar-refractivity contribution in [3.8, 4) is 0 Å². The van der Waals surface area contributed by atoms with Crippen LogP contribution >= 0.6 is 0 Å². The van der Waals surface area contributed by atoms with Gasteiger partial charge in [-0.15, -0.1) is 0 Å². The molecule has 3 heterocycles. The number of aromatic nitrogens is 4. The molecule has 96 valence electrons. The van der Waals surface area contributed by atoms with E-state index in [-0.39, 0.29) is 0 Å². The van der Waals surface area contributed by atoms with Crippen molar-refractivity contribution < 1.29 is 0 Å². The number of nitrogen functional groups attached to an aromatic ring is 1. The highest BCUT2D eigenvalue weighted by Gasteiger charge is 2.31. The zero-order chi connectivity index (χ0) is 12.8. The molecule has 0 unspecified atom stereocenters. The third-order valence-corrected chi connectivity index (χ3v) is 3.40. The number of hydrogen-bond donors (Lipinski definition) is 3. The molecule has 18 heavy (non-hydrogen) atoms. The van der Waals surface area contributed by atoms with Crippen molar-refractivity contribution in [3.05, 3.63) is 6.20 Å². The second-order valence-corrected chi connectivity index (χ2v) is 5.48. The van der Waals surface area contributed by atoms with Gasteiger partial charge in [0.25, 0.3) is 0 Å². The highest BCUT2D eigenvalue weighted by atomic mass is 15.3. The van der Waals surface area contributed by atoms with E-state index in [2.05, 4.69) is 44.3 Å². The summed E-state index contributed by atoms with van der Waals surface area (Å²) in [7, 11) is 0. The molecule has 0 amide bonds. The Morgan fingerprint density at radius 2 is 2.28 bits per heavy atom. The van der Waals surface area contributed by atoms with Crippen LogP contribution in [0, 0.1) is 5.41 Å². The van der Waals surface area contributed by atoms with Crippen molar-refractivity contribution >= 4 is 22.8 Å². The van der Waals surface area contributed by atoms with Crippen molar-refractivity contribution in [2.24, 2.45) is 11.3 Å². The number of nitrogens with zero attached hydrogens (tertiary/aromatic N) is 4. The molecule has 1 aliphatic rings. The summed E-state index contributed by atoms with van der Waals surface area (Å²) in [6, 6.07) is 0. The molecular weight excluding hydrogens is 230 g/mol. The predicted molar refractivity (Wildman–Crippen MR) is 70.1 cm³/mol. The highest BCUT2D eigenvalue weighted by molar-refractivity contribution is 5.87. The summed E-state index contributed by atoms with van der Waals surface area (Å²) >= 11 is 0. The van der Waals surface area contributed by atoms with Crippen LogP contribution in [0.2, 0.25) is 0 Å². The average Bonchev–Trinajstić information content (AvgIpc) is 2.93. The lowest BCUT2D eigenvalue weighted by Gasteiger charge is -2.21. The minimum Gasteiger partial charge on any atom is -0.355 e. The van der Waals surface area contributed by atoms with Gasteiger partial charge in [0.2, 0.25) is 5.95 Å². The first-order chi connectivity index (χ1) is 8.59. The summed E-state index contributed by atoms with van der Waals surface area (Å²) in [5.74, 6) is 6.71. The van der Waals surface area contributed by atoms with E-state index in [1.54, 1.807) is 6.20 Å². The quantitative estimate of drug-likeness (QED) is 0.538. The molecule has 1 aliphatic heterocycles. The molecule has 0 atom stereocenters. The number of rotatable bonds is 2. The molecule has 0 aromatic carbocycles.